The lowest BCUT2D eigenvalue weighted by molar-refractivity contribution is -0.164. The molecule has 1 amide bonds. The van der Waals surface area contributed by atoms with Gasteiger partial charge in [0, 0.05) is 6.42 Å². The molecule has 4 bridgehead atoms. The predicted molar refractivity (Wildman–Crippen MR) is 104 cm³/mol. The van der Waals surface area contributed by atoms with Gasteiger partial charge in [0.2, 0.25) is 5.91 Å². The zero-order valence-corrected chi connectivity index (χ0v) is 16.8. The van der Waals surface area contributed by atoms with Gasteiger partial charge in [-0.3, -0.25) is 4.79 Å². The molecule has 5 nitrogen and oxygen atoms in total. The van der Waals surface area contributed by atoms with Gasteiger partial charge in [-0.05, 0) is 68.4 Å². The molecule has 1 aromatic rings. The van der Waals surface area contributed by atoms with E-state index in [-0.39, 0.29) is 17.1 Å². The SMILES string of the molecule is COC(=O)C1CC(Oc2ccccc2F)CN1C(=O)C12CC3CC(CC(C3)C1)C2. The van der Waals surface area contributed by atoms with Gasteiger partial charge in [0.1, 0.15) is 12.1 Å². The van der Waals surface area contributed by atoms with E-state index in [9.17, 15) is 14.0 Å². The maximum Gasteiger partial charge on any atom is 0.328 e. The first kappa shape index (κ1) is 18.9. The van der Waals surface area contributed by atoms with Gasteiger partial charge in [-0.2, -0.15) is 0 Å². The Morgan fingerprint density at radius 3 is 2.24 bits per heavy atom. The number of carbonyl (C=O) groups is 2. The smallest absolute Gasteiger partial charge is 0.328 e. The summed E-state index contributed by atoms with van der Waals surface area (Å²) < 4.78 is 24.9. The average Bonchev–Trinajstić information content (AvgIpc) is 3.11. The molecule has 1 aliphatic heterocycles. The van der Waals surface area contributed by atoms with Crippen LogP contribution >= 0.6 is 0 Å². The Kier molecular flexibility index (Phi) is 4.56. The number of rotatable bonds is 4. The maximum atomic E-state index is 14.0. The summed E-state index contributed by atoms with van der Waals surface area (Å²) in [6.07, 6.45) is 6.51. The van der Waals surface area contributed by atoms with Crippen molar-refractivity contribution in [2.45, 2.75) is 57.1 Å². The van der Waals surface area contributed by atoms with Crippen molar-refractivity contribution >= 4 is 11.9 Å². The second-order valence-electron chi connectivity index (χ2n) is 9.60. The monoisotopic (exact) mass is 401 g/mol. The molecular formula is C23H28FNO4. The minimum Gasteiger partial charge on any atom is -0.485 e. The first-order chi connectivity index (χ1) is 14.0. The molecule has 4 aliphatic carbocycles. The van der Waals surface area contributed by atoms with Crippen LogP contribution in [-0.2, 0) is 14.3 Å². The summed E-state index contributed by atoms with van der Waals surface area (Å²) in [5.41, 5.74) is -0.325. The molecule has 6 heteroatoms. The lowest BCUT2D eigenvalue weighted by atomic mass is 9.49. The number of nitrogens with zero attached hydrogens (tertiary/aromatic N) is 1. The minimum absolute atomic E-state index is 0.0895. The summed E-state index contributed by atoms with van der Waals surface area (Å²) in [4.78, 5) is 27.9. The number of esters is 1. The Labute approximate surface area is 170 Å². The third-order valence-electron chi connectivity index (χ3n) is 7.62. The van der Waals surface area contributed by atoms with Gasteiger partial charge in [-0.1, -0.05) is 12.1 Å². The third-order valence-corrected chi connectivity index (χ3v) is 7.62. The third kappa shape index (κ3) is 3.21. The van der Waals surface area contributed by atoms with Crippen molar-refractivity contribution in [3.8, 4) is 5.75 Å². The van der Waals surface area contributed by atoms with Gasteiger partial charge in [0.15, 0.2) is 11.6 Å². The quantitative estimate of drug-likeness (QED) is 0.724. The standard InChI is InChI=1S/C23H28FNO4/c1-28-21(26)19-9-17(29-20-5-3-2-4-18(20)24)13-25(19)22(27)23-10-14-6-15(11-23)8-16(7-14)12-23/h2-5,14-17,19H,6-13H2,1H3. The van der Waals surface area contributed by atoms with E-state index in [1.807, 2.05) is 0 Å². The van der Waals surface area contributed by atoms with E-state index < -0.39 is 23.9 Å². The van der Waals surface area contributed by atoms with Crippen molar-refractivity contribution in [3.05, 3.63) is 30.1 Å². The second kappa shape index (κ2) is 6.99. The molecular weight excluding hydrogens is 373 g/mol. The van der Waals surface area contributed by atoms with Crippen LogP contribution in [-0.4, -0.2) is 42.6 Å². The summed E-state index contributed by atoms with van der Waals surface area (Å²) in [7, 11) is 1.35. The molecule has 1 heterocycles. The van der Waals surface area contributed by atoms with Crippen molar-refractivity contribution in [1.29, 1.82) is 0 Å². The average molecular weight is 401 g/mol. The van der Waals surface area contributed by atoms with E-state index in [0.717, 1.165) is 19.3 Å². The molecule has 5 fully saturated rings. The van der Waals surface area contributed by atoms with Crippen molar-refractivity contribution in [1.82, 2.24) is 4.90 Å². The van der Waals surface area contributed by atoms with E-state index in [2.05, 4.69) is 0 Å². The Hall–Kier alpha value is -2.11. The molecule has 5 aliphatic rings. The molecule has 2 atom stereocenters. The van der Waals surface area contributed by atoms with Gasteiger partial charge in [0.05, 0.1) is 19.1 Å². The molecule has 29 heavy (non-hydrogen) atoms. The molecule has 6 rings (SSSR count). The highest BCUT2D eigenvalue weighted by Gasteiger charge is 2.57. The van der Waals surface area contributed by atoms with Crippen molar-refractivity contribution in [3.63, 3.8) is 0 Å². The number of hydrogen-bond acceptors (Lipinski definition) is 4. The van der Waals surface area contributed by atoms with Crippen LogP contribution in [0.4, 0.5) is 4.39 Å². The van der Waals surface area contributed by atoms with Crippen molar-refractivity contribution in [2.24, 2.45) is 23.2 Å². The molecule has 156 valence electrons. The van der Waals surface area contributed by atoms with Gasteiger partial charge in [0.25, 0.3) is 0 Å². The highest BCUT2D eigenvalue weighted by molar-refractivity contribution is 5.89. The van der Waals surface area contributed by atoms with Crippen LogP contribution in [0.2, 0.25) is 0 Å². The highest BCUT2D eigenvalue weighted by Crippen LogP contribution is 2.60. The molecule has 0 aromatic heterocycles. The summed E-state index contributed by atoms with van der Waals surface area (Å²) in [5, 5.41) is 0. The zero-order valence-electron chi connectivity index (χ0n) is 16.8. The summed E-state index contributed by atoms with van der Waals surface area (Å²) in [6, 6.07) is 5.59. The van der Waals surface area contributed by atoms with Crippen LogP contribution < -0.4 is 4.74 Å². The number of para-hydroxylation sites is 1. The Bertz CT molecular complexity index is 790. The largest absolute Gasteiger partial charge is 0.485 e. The maximum absolute atomic E-state index is 14.0. The minimum atomic E-state index is -0.655. The van der Waals surface area contributed by atoms with Gasteiger partial charge < -0.3 is 14.4 Å². The number of halogens is 1. The first-order valence-corrected chi connectivity index (χ1v) is 10.8. The van der Waals surface area contributed by atoms with E-state index in [0.29, 0.717) is 30.7 Å². The number of methoxy groups -OCH3 is 1. The predicted octanol–water partition coefficient (Wildman–Crippen LogP) is 3.56. The molecule has 0 N–H and O–H groups in total. The van der Waals surface area contributed by atoms with E-state index in [1.54, 1.807) is 23.1 Å². The van der Waals surface area contributed by atoms with Crippen LogP contribution in [0.1, 0.15) is 44.9 Å². The normalized spacial score (nSPS) is 37.6. The number of ether oxygens (including phenoxy) is 2. The highest BCUT2D eigenvalue weighted by atomic mass is 19.1. The van der Waals surface area contributed by atoms with Crippen LogP contribution in [0.25, 0.3) is 0 Å². The summed E-state index contributed by atoms with van der Waals surface area (Å²) in [5.74, 6) is 1.34. The van der Waals surface area contributed by atoms with Gasteiger partial charge >= 0.3 is 5.97 Å². The van der Waals surface area contributed by atoms with Crippen LogP contribution in [0.15, 0.2) is 24.3 Å². The zero-order chi connectivity index (χ0) is 20.2. The van der Waals surface area contributed by atoms with E-state index in [1.165, 1.54) is 32.4 Å². The van der Waals surface area contributed by atoms with Crippen LogP contribution in [0, 0.1) is 29.0 Å². The van der Waals surface area contributed by atoms with E-state index >= 15 is 0 Å². The number of likely N-dealkylation sites (tertiary alicyclic amines) is 1. The molecule has 0 spiro atoms. The molecule has 1 saturated heterocycles. The van der Waals surface area contributed by atoms with Crippen LogP contribution in [0.5, 0.6) is 5.75 Å². The summed E-state index contributed by atoms with van der Waals surface area (Å²) in [6.45, 7) is 0.300. The topological polar surface area (TPSA) is 55.8 Å². The number of amides is 1. The lowest BCUT2D eigenvalue weighted by Crippen LogP contribution is -2.56. The van der Waals surface area contributed by atoms with Gasteiger partial charge in [-0.25, -0.2) is 9.18 Å². The molecule has 0 radical (unpaired) electrons. The van der Waals surface area contributed by atoms with E-state index in [4.69, 9.17) is 9.47 Å². The first-order valence-electron chi connectivity index (χ1n) is 10.8. The van der Waals surface area contributed by atoms with Crippen molar-refractivity contribution in [2.75, 3.05) is 13.7 Å². The number of benzene rings is 1. The Morgan fingerprint density at radius 2 is 1.66 bits per heavy atom. The summed E-state index contributed by atoms with van der Waals surface area (Å²) >= 11 is 0. The molecule has 4 saturated carbocycles. The fraction of sp³-hybridized carbons (Fsp3) is 0.652. The Morgan fingerprint density at radius 1 is 1.03 bits per heavy atom. The molecule has 2 unspecified atom stereocenters. The van der Waals surface area contributed by atoms with Gasteiger partial charge in [-0.15, -0.1) is 0 Å². The number of hydrogen-bond donors (Lipinski definition) is 0. The fourth-order valence-electron chi connectivity index (χ4n) is 6.86. The lowest BCUT2D eigenvalue weighted by Gasteiger charge is -2.56. The van der Waals surface area contributed by atoms with Crippen LogP contribution in [0.3, 0.4) is 0 Å². The molecule has 1 aromatic carbocycles. The number of carbonyl (C=O) groups excluding carboxylic acids is 2. The Balaban J connectivity index is 1.38. The van der Waals surface area contributed by atoms with Crippen molar-refractivity contribution < 1.29 is 23.5 Å². The fourth-order valence-corrected chi connectivity index (χ4v) is 6.86. The second-order valence-corrected chi connectivity index (χ2v) is 9.60.